The van der Waals surface area contributed by atoms with Crippen molar-refractivity contribution in [1.29, 1.82) is 0 Å². The summed E-state index contributed by atoms with van der Waals surface area (Å²) in [6.45, 7) is 2.74. The van der Waals surface area contributed by atoms with Crippen molar-refractivity contribution in [3.63, 3.8) is 0 Å². The summed E-state index contributed by atoms with van der Waals surface area (Å²) in [7, 11) is -1.04. The number of anilines is 1. The molecule has 1 aliphatic heterocycles. The monoisotopic (exact) mass is 427 g/mol. The average Bonchev–Trinajstić information content (AvgIpc) is 3.26. The van der Waals surface area contributed by atoms with Crippen molar-refractivity contribution in [3.05, 3.63) is 71.2 Å². The van der Waals surface area contributed by atoms with E-state index in [1.165, 1.54) is 12.1 Å². The van der Waals surface area contributed by atoms with Crippen molar-refractivity contribution in [3.8, 4) is 11.4 Å². The van der Waals surface area contributed by atoms with Crippen LogP contribution < -0.4 is 10.1 Å². The van der Waals surface area contributed by atoms with Gasteiger partial charge in [0.15, 0.2) is 0 Å². The molecule has 8 heteroatoms. The number of carbonyl (C=O) groups excluding carboxylic acids is 1. The molecule has 6 nitrogen and oxygen atoms in total. The van der Waals surface area contributed by atoms with E-state index in [-0.39, 0.29) is 11.7 Å². The Kier molecular flexibility index (Phi) is 5.94. The van der Waals surface area contributed by atoms with Gasteiger partial charge in [-0.2, -0.15) is 5.10 Å². The molecule has 0 radical (unpaired) electrons. The predicted molar refractivity (Wildman–Crippen MR) is 114 cm³/mol. The molecule has 1 N–H and O–H groups in total. The van der Waals surface area contributed by atoms with Gasteiger partial charge in [-0.05, 0) is 55.0 Å². The van der Waals surface area contributed by atoms with Crippen LogP contribution in [0, 0.1) is 5.82 Å². The van der Waals surface area contributed by atoms with Crippen LogP contribution in [0.1, 0.15) is 41.4 Å². The van der Waals surface area contributed by atoms with Crippen LogP contribution in [0.5, 0.6) is 5.75 Å². The number of amides is 1. The van der Waals surface area contributed by atoms with E-state index < -0.39 is 10.8 Å². The first kappa shape index (κ1) is 20.3. The van der Waals surface area contributed by atoms with E-state index in [1.807, 2.05) is 0 Å². The third-order valence-corrected chi connectivity index (χ3v) is 6.06. The van der Waals surface area contributed by atoms with Gasteiger partial charge < -0.3 is 10.1 Å². The Morgan fingerprint density at radius 2 is 1.90 bits per heavy atom. The van der Waals surface area contributed by atoms with Crippen LogP contribution in [0.15, 0.2) is 48.5 Å². The predicted octanol–water partition coefficient (Wildman–Crippen LogP) is 4.20. The third-order valence-electron chi connectivity index (χ3n) is 4.86. The summed E-state index contributed by atoms with van der Waals surface area (Å²) in [5, 5.41) is 7.42. The highest BCUT2D eigenvalue weighted by Crippen LogP contribution is 2.31. The van der Waals surface area contributed by atoms with Gasteiger partial charge in [-0.1, -0.05) is 13.3 Å². The molecule has 2 heterocycles. The fourth-order valence-electron chi connectivity index (χ4n) is 3.24. The molecule has 156 valence electrons. The van der Waals surface area contributed by atoms with Crippen LogP contribution in [0.25, 0.3) is 5.69 Å². The fraction of sp³-hybridized carbons (Fsp3) is 0.273. The molecule has 1 aliphatic rings. The van der Waals surface area contributed by atoms with E-state index in [2.05, 4.69) is 17.3 Å². The molecular weight excluding hydrogens is 405 g/mol. The number of ether oxygens (including phenoxy) is 1. The molecule has 3 aromatic rings. The van der Waals surface area contributed by atoms with Gasteiger partial charge in [-0.3, -0.25) is 9.00 Å². The number of rotatable bonds is 7. The molecule has 0 saturated heterocycles. The zero-order valence-corrected chi connectivity index (χ0v) is 17.4. The zero-order valence-electron chi connectivity index (χ0n) is 16.6. The maximum atomic E-state index is 13.3. The quantitative estimate of drug-likeness (QED) is 0.574. The number of halogens is 1. The van der Waals surface area contributed by atoms with Gasteiger partial charge in [0.2, 0.25) is 0 Å². The number of benzene rings is 2. The summed E-state index contributed by atoms with van der Waals surface area (Å²) in [5.41, 5.74) is 2.53. The molecule has 0 spiro atoms. The van der Waals surface area contributed by atoms with Crippen LogP contribution in [0.2, 0.25) is 0 Å². The summed E-state index contributed by atoms with van der Waals surface area (Å²) >= 11 is 0. The second-order valence-corrected chi connectivity index (χ2v) is 8.53. The lowest BCUT2D eigenvalue weighted by Crippen LogP contribution is -2.16. The number of unbranched alkanes of at least 4 members (excludes halogenated alkanes) is 1. The van der Waals surface area contributed by atoms with E-state index in [1.54, 1.807) is 41.1 Å². The Bertz CT molecular complexity index is 1080. The Balaban J connectivity index is 1.58. The van der Waals surface area contributed by atoms with Gasteiger partial charge in [0.05, 0.1) is 29.5 Å². The minimum atomic E-state index is -1.04. The van der Waals surface area contributed by atoms with Crippen LogP contribution in [0.4, 0.5) is 10.2 Å². The Morgan fingerprint density at radius 1 is 1.17 bits per heavy atom. The molecule has 30 heavy (non-hydrogen) atoms. The molecule has 0 bridgehead atoms. The number of nitrogens with one attached hydrogen (secondary N) is 1. The minimum Gasteiger partial charge on any atom is -0.494 e. The van der Waals surface area contributed by atoms with E-state index in [4.69, 9.17) is 4.74 Å². The number of fused-ring (bicyclic) bond motifs is 1. The molecular formula is C22H22FN3O3S. The molecule has 0 aliphatic carbocycles. The molecule has 0 saturated carbocycles. The van der Waals surface area contributed by atoms with E-state index in [0.29, 0.717) is 46.6 Å². The fourth-order valence-corrected chi connectivity index (χ4v) is 4.51. The second kappa shape index (κ2) is 8.79. The molecule has 0 fully saturated rings. The molecule has 1 atom stereocenters. The SMILES string of the molecule is CCCCOc1ccc(C(=O)Nc2c3c(nn2-c2ccc(F)cc2)C[S@](=O)C3)cc1. The highest BCUT2D eigenvalue weighted by molar-refractivity contribution is 7.83. The first-order valence-electron chi connectivity index (χ1n) is 9.81. The molecule has 1 amide bonds. The van der Waals surface area contributed by atoms with Crippen molar-refractivity contribution in [2.45, 2.75) is 31.3 Å². The van der Waals surface area contributed by atoms with Crippen LogP contribution >= 0.6 is 0 Å². The van der Waals surface area contributed by atoms with Crippen molar-refractivity contribution in [2.75, 3.05) is 11.9 Å². The maximum Gasteiger partial charge on any atom is 0.256 e. The van der Waals surface area contributed by atoms with Gasteiger partial charge in [0.1, 0.15) is 17.4 Å². The van der Waals surface area contributed by atoms with Gasteiger partial charge in [0.25, 0.3) is 5.91 Å². The van der Waals surface area contributed by atoms with Crippen molar-refractivity contribution in [2.24, 2.45) is 0 Å². The van der Waals surface area contributed by atoms with E-state index in [9.17, 15) is 13.4 Å². The second-order valence-electron chi connectivity index (χ2n) is 7.07. The summed E-state index contributed by atoms with van der Waals surface area (Å²) in [6.07, 6.45) is 2.03. The minimum absolute atomic E-state index is 0.307. The van der Waals surface area contributed by atoms with Crippen molar-refractivity contribution < 1.29 is 18.1 Å². The topological polar surface area (TPSA) is 73.2 Å². The number of hydrogen-bond acceptors (Lipinski definition) is 4. The highest BCUT2D eigenvalue weighted by Gasteiger charge is 2.28. The third kappa shape index (κ3) is 4.28. The van der Waals surface area contributed by atoms with Gasteiger partial charge in [0, 0.05) is 21.9 Å². The standard InChI is InChI=1S/C22H22FN3O3S/c1-2-3-12-29-18-10-4-15(5-11-18)22(27)24-21-19-13-30(28)14-20(19)25-26(21)17-8-6-16(23)7-9-17/h4-11H,2-3,12-14H2,1H3,(H,24,27)/t30-/m1/s1. The lowest BCUT2D eigenvalue weighted by molar-refractivity contribution is 0.102. The first-order chi connectivity index (χ1) is 14.5. The summed E-state index contributed by atoms with van der Waals surface area (Å²) < 4.78 is 32.5. The van der Waals surface area contributed by atoms with Gasteiger partial charge >= 0.3 is 0 Å². The lowest BCUT2D eigenvalue weighted by atomic mass is 10.2. The van der Waals surface area contributed by atoms with Crippen LogP contribution in [0.3, 0.4) is 0 Å². The maximum absolute atomic E-state index is 13.3. The van der Waals surface area contributed by atoms with Crippen molar-refractivity contribution in [1.82, 2.24) is 9.78 Å². The Hall–Kier alpha value is -3.00. The summed E-state index contributed by atoms with van der Waals surface area (Å²) in [4.78, 5) is 12.9. The largest absolute Gasteiger partial charge is 0.494 e. The van der Waals surface area contributed by atoms with Gasteiger partial charge in [-0.25, -0.2) is 9.07 Å². The highest BCUT2D eigenvalue weighted by atomic mass is 32.2. The Labute approximate surface area is 176 Å². The lowest BCUT2D eigenvalue weighted by Gasteiger charge is -2.12. The van der Waals surface area contributed by atoms with E-state index in [0.717, 1.165) is 18.4 Å². The summed E-state index contributed by atoms with van der Waals surface area (Å²) in [6, 6.07) is 12.8. The van der Waals surface area contributed by atoms with Crippen LogP contribution in [-0.4, -0.2) is 26.5 Å². The van der Waals surface area contributed by atoms with Crippen LogP contribution in [-0.2, 0) is 22.3 Å². The molecule has 2 aromatic carbocycles. The average molecular weight is 428 g/mol. The normalized spacial score (nSPS) is 15.1. The number of carbonyl (C=O) groups is 1. The number of aromatic nitrogens is 2. The van der Waals surface area contributed by atoms with Crippen molar-refractivity contribution >= 4 is 22.5 Å². The summed E-state index contributed by atoms with van der Waals surface area (Å²) in [5.74, 6) is 1.20. The number of nitrogens with zero attached hydrogens (tertiary/aromatic N) is 2. The van der Waals surface area contributed by atoms with Gasteiger partial charge in [-0.15, -0.1) is 0 Å². The number of hydrogen-bond donors (Lipinski definition) is 1. The van der Waals surface area contributed by atoms with E-state index >= 15 is 0 Å². The Morgan fingerprint density at radius 3 is 2.60 bits per heavy atom. The molecule has 4 rings (SSSR count). The molecule has 0 unspecified atom stereocenters. The first-order valence-corrected chi connectivity index (χ1v) is 11.3. The smallest absolute Gasteiger partial charge is 0.256 e. The zero-order chi connectivity index (χ0) is 21.1. The molecule has 1 aromatic heterocycles.